The van der Waals surface area contributed by atoms with Crippen LogP contribution >= 0.6 is 11.6 Å². The molecule has 0 fully saturated rings. The first kappa shape index (κ1) is 15.4. The molecule has 2 atom stereocenters. The summed E-state index contributed by atoms with van der Waals surface area (Å²) < 4.78 is 2.40. The van der Waals surface area contributed by atoms with Crippen LogP contribution < -0.4 is 0 Å². The van der Waals surface area contributed by atoms with E-state index < -0.39 is 0 Å². The number of alkyl halides is 1. The number of aromatic nitrogens is 2. The Labute approximate surface area is 127 Å². The van der Waals surface area contributed by atoms with Crippen LogP contribution in [0.5, 0.6) is 0 Å². The number of unbranched alkanes of at least 4 members (excludes halogenated alkanes) is 1. The van der Waals surface area contributed by atoms with E-state index in [0.29, 0.717) is 6.04 Å². The van der Waals surface area contributed by atoms with E-state index in [0.717, 1.165) is 11.3 Å². The molecule has 0 radical (unpaired) electrons. The van der Waals surface area contributed by atoms with Crippen LogP contribution in [0.3, 0.4) is 0 Å². The Morgan fingerprint density at radius 2 is 1.90 bits per heavy atom. The van der Waals surface area contributed by atoms with E-state index >= 15 is 0 Å². The van der Waals surface area contributed by atoms with Crippen LogP contribution in [0.4, 0.5) is 0 Å². The Balaban J connectivity index is 2.49. The van der Waals surface area contributed by atoms with Crippen molar-refractivity contribution >= 4 is 22.6 Å². The molecule has 1 aromatic carbocycles. The predicted octanol–water partition coefficient (Wildman–Crippen LogP) is 5.87. The van der Waals surface area contributed by atoms with Gasteiger partial charge in [0.2, 0.25) is 0 Å². The minimum absolute atomic E-state index is 0.0524. The topological polar surface area (TPSA) is 17.8 Å². The molecule has 2 aromatic rings. The monoisotopic (exact) mass is 292 g/mol. The minimum Gasteiger partial charge on any atom is -0.324 e. The van der Waals surface area contributed by atoms with Crippen molar-refractivity contribution in [3.8, 4) is 0 Å². The highest BCUT2D eigenvalue weighted by Crippen LogP contribution is 2.32. The Morgan fingerprint density at radius 3 is 2.55 bits per heavy atom. The quantitative estimate of drug-likeness (QED) is 0.584. The molecule has 3 heteroatoms. The normalized spacial score (nSPS) is 14.6. The summed E-state index contributed by atoms with van der Waals surface area (Å²) in [4.78, 5) is 4.75. The van der Waals surface area contributed by atoms with Crippen molar-refractivity contribution < 1.29 is 0 Å². The zero-order valence-corrected chi connectivity index (χ0v) is 13.5. The van der Waals surface area contributed by atoms with Gasteiger partial charge in [-0.2, -0.15) is 0 Å². The third-order valence-corrected chi connectivity index (χ3v) is 4.05. The van der Waals surface area contributed by atoms with Crippen molar-refractivity contribution in [1.82, 2.24) is 9.55 Å². The van der Waals surface area contributed by atoms with E-state index in [1.54, 1.807) is 0 Å². The second kappa shape index (κ2) is 7.12. The van der Waals surface area contributed by atoms with Crippen molar-refractivity contribution in [2.24, 2.45) is 0 Å². The second-order valence-corrected chi connectivity index (χ2v) is 6.18. The van der Waals surface area contributed by atoms with Crippen LogP contribution in [0.15, 0.2) is 24.3 Å². The molecule has 0 aliphatic carbocycles. The number of halogens is 1. The minimum atomic E-state index is -0.0524. The van der Waals surface area contributed by atoms with Crippen LogP contribution in [-0.2, 0) is 0 Å². The second-order valence-electron chi connectivity index (χ2n) is 5.53. The Bertz CT molecular complexity index is 545. The fraction of sp³-hybridized carbons (Fsp3) is 0.588. The van der Waals surface area contributed by atoms with Gasteiger partial charge >= 0.3 is 0 Å². The number of fused-ring (bicyclic) bond motifs is 1. The van der Waals surface area contributed by atoms with Crippen LogP contribution in [0.25, 0.3) is 11.0 Å². The van der Waals surface area contributed by atoms with Crippen LogP contribution in [0, 0.1) is 0 Å². The smallest absolute Gasteiger partial charge is 0.127 e. The molecular weight excluding hydrogens is 268 g/mol. The number of hydrogen-bond donors (Lipinski definition) is 0. The van der Waals surface area contributed by atoms with Crippen molar-refractivity contribution in [2.45, 2.75) is 64.3 Å². The molecule has 2 unspecified atom stereocenters. The summed E-state index contributed by atoms with van der Waals surface area (Å²) in [7, 11) is 0. The molecule has 0 saturated carbocycles. The molecule has 0 N–H and O–H groups in total. The van der Waals surface area contributed by atoms with E-state index in [-0.39, 0.29) is 5.38 Å². The molecule has 1 aromatic heterocycles. The van der Waals surface area contributed by atoms with Crippen LogP contribution in [0.1, 0.15) is 70.1 Å². The van der Waals surface area contributed by atoms with Gasteiger partial charge in [-0.3, -0.25) is 0 Å². The average Bonchev–Trinajstić information content (AvgIpc) is 2.83. The zero-order chi connectivity index (χ0) is 14.5. The number of hydrogen-bond acceptors (Lipinski definition) is 1. The molecule has 0 aliphatic rings. The number of benzene rings is 1. The highest BCUT2D eigenvalue weighted by molar-refractivity contribution is 6.20. The lowest BCUT2D eigenvalue weighted by Gasteiger charge is -2.22. The van der Waals surface area contributed by atoms with Crippen molar-refractivity contribution in [1.29, 1.82) is 0 Å². The molecule has 0 spiro atoms. The Hall–Kier alpha value is -1.02. The Morgan fingerprint density at radius 1 is 1.15 bits per heavy atom. The summed E-state index contributed by atoms with van der Waals surface area (Å²) in [5.41, 5.74) is 2.29. The molecule has 0 saturated heterocycles. The van der Waals surface area contributed by atoms with Crippen molar-refractivity contribution in [3.05, 3.63) is 30.1 Å². The maximum atomic E-state index is 6.37. The molecule has 2 rings (SSSR count). The SMILES string of the molecule is CCCCC(CCC)n1c(C(C)Cl)nc2ccccc21. The van der Waals surface area contributed by atoms with Gasteiger partial charge in [-0.15, -0.1) is 11.6 Å². The summed E-state index contributed by atoms with van der Waals surface area (Å²) in [6.07, 6.45) is 6.08. The van der Waals surface area contributed by atoms with Gasteiger partial charge in [-0.05, 0) is 31.9 Å². The standard InChI is InChI=1S/C17H25ClN2/c1-4-6-10-14(9-5-2)20-16-12-8-7-11-15(16)19-17(20)13(3)18/h7-8,11-14H,4-6,9-10H2,1-3H3. The van der Waals surface area contributed by atoms with Crippen molar-refractivity contribution in [3.63, 3.8) is 0 Å². The van der Waals surface area contributed by atoms with Gasteiger partial charge in [0.1, 0.15) is 5.82 Å². The highest BCUT2D eigenvalue weighted by atomic mass is 35.5. The van der Waals surface area contributed by atoms with Gasteiger partial charge in [0, 0.05) is 6.04 Å². The molecule has 2 nitrogen and oxygen atoms in total. The van der Waals surface area contributed by atoms with E-state index in [1.807, 2.05) is 13.0 Å². The third kappa shape index (κ3) is 3.17. The maximum Gasteiger partial charge on any atom is 0.127 e. The largest absolute Gasteiger partial charge is 0.324 e. The lowest BCUT2D eigenvalue weighted by atomic mass is 10.0. The van der Waals surface area contributed by atoms with Crippen LogP contribution in [-0.4, -0.2) is 9.55 Å². The number of imidazole rings is 1. The lowest BCUT2D eigenvalue weighted by molar-refractivity contribution is 0.414. The molecule has 0 aliphatic heterocycles. The maximum absolute atomic E-state index is 6.37. The Kier molecular flexibility index (Phi) is 5.47. The predicted molar refractivity (Wildman–Crippen MR) is 87.5 cm³/mol. The average molecular weight is 293 g/mol. The molecule has 20 heavy (non-hydrogen) atoms. The molecule has 1 heterocycles. The van der Waals surface area contributed by atoms with Gasteiger partial charge in [-0.25, -0.2) is 4.98 Å². The van der Waals surface area contributed by atoms with Gasteiger partial charge in [0.25, 0.3) is 0 Å². The number of nitrogens with zero attached hydrogens (tertiary/aromatic N) is 2. The van der Waals surface area contributed by atoms with E-state index in [2.05, 4.69) is 36.6 Å². The highest BCUT2D eigenvalue weighted by Gasteiger charge is 2.20. The first-order valence-corrected chi connectivity index (χ1v) is 8.23. The fourth-order valence-electron chi connectivity index (χ4n) is 2.90. The number of rotatable bonds is 7. The van der Waals surface area contributed by atoms with Gasteiger partial charge in [0.05, 0.1) is 16.4 Å². The molecule has 0 bridgehead atoms. The first-order chi connectivity index (χ1) is 9.69. The summed E-state index contributed by atoms with van der Waals surface area (Å²) in [5, 5.41) is -0.0524. The summed E-state index contributed by atoms with van der Waals surface area (Å²) in [6, 6.07) is 8.90. The van der Waals surface area contributed by atoms with Crippen molar-refractivity contribution in [2.75, 3.05) is 0 Å². The van der Waals surface area contributed by atoms with Gasteiger partial charge in [0.15, 0.2) is 0 Å². The van der Waals surface area contributed by atoms with E-state index in [4.69, 9.17) is 16.6 Å². The lowest BCUT2D eigenvalue weighted by Crippen LogP contribution is -2.13. The number of para-hydroxylation sites is 2. The third-order valence-electron chi connectivity index (χ3n) is 3.86. The van der Waals surface area contributed by atoms with E-state index in [1.165, 1.54) is 37.6 Å². The summed E-state index contributed by atoms with van der Waals surface area (Å²) >= 11 is 6.37. The van der Waals surface area contributed by atoms with Gasteiger partial charge in [-0.1, -0.05) is 45.2 Å². The fourth-order valence-corrected chi connectivity index (χ4v) is 3.06. The van der Waals surface area contributed by atoms with E-state index in [9.17, 15) is 0 Å². The first-order valence-electron chi connectivity index (χ1n) is 7.79. The summed E-state index contributed by atoms with van der Waals surface area (Å²) in [6.45, 7) is 6.52. The zero-order valence-electron chi connectivity index (χ0n) is 12.8. The van der Waals surface area contributed by atoms with Crippen LogP contribution in [0.2, 0.25) is 0 Å². The summed E-state index contributed by atoms with van der Waals surface area (Å²) in [5.74, 6) is 1.02. The van der Waals surface area contributed by atoms with Gasteiger partial charge < -0.3 is 4.57 Å². The molecule has 0 amide bonds. The molecule has 110 valence electrons. The molecular formula is C17H25ClN2.